The summed E-state index contributed by atoms with van der Waals surface area (Å²) in [6, 6.07) is 6.35. The number of hydrogen-bond acceptors (Lipinski definition) is 3. The average Bonchev–Trinajstić information content (AvgIpc) is 2.91. The number of aromatic nitrogens is 3. The maximum atomic E-state index is 13.1. The number of aromatic carboxylic acids is 1. The Bertz CT molecular complexity index is 663. The van der Waals surface area contributed by atoms with E-state index in [1.165, 1.54) is 12.1 Å². The maximum Gasteiger partial charge on any atom is 0.436 e. The van der Waals surface area contributed by atoms with Crippen LogP contribution in [0.4, 0.5) is 13.2 Å². The molecule has 1 heterocycles. The highest BCUT2D eigenvalue weighted by molar-refractivity contribution is 5.86. The number of aryl methyl sites for hydroxylation is 1. The fourth-order valence-electron chi connectivity index (χ4n) is 2.05. The van der Waals surface area contributed by atoms with Crippen LogP contribution in [-0.2, 0) is 12.6 Å². The smallest absolute Gasteiger partial charge is 0.436 e. The van der Waals surface area contributed by atoms with E-state index in [1.807, 2.05) is 6.92 Å². The van der Waals surface area contributed by atoms with Crippen molar-refractivity contribution in [3.05, 3.63) is 41.2 Å². The van der Waals surface area contributed by atoms with Crippen LogP contribution >= 0.6 is 0 Å². The summed E-state index contributed by atoms with van der Waals surface area (Å²) in [4.78, 5) is 10.9. The summed E-state index contributed by atoms with van der Waals surface area (Å²) in [6.07, 6.45) is -2.02. The SMILES string of the molecule is CCCCc1ccc(-n2nnc(C(=O)O)c2C(F)(F)F)cc1. The monoisotopic (exact) mass is 313 g/mol. The lowest BCUT2D eigenvalue weighted by atomic mass is 10.1. The van der Waals surface area contributed by atoms with Gasteiger partial charge in [0.25, 0.3) is 0 Å². The number of halogens is 3. The molecular weight excluding hydrogens is 299 g/mol. The second-order valence-electron chi connectivity index (χ2n) is 4.77. The van der Waals surface area contributed by atoms with Gasteiger partial charge in [-0.3, -0.25) is 0 Å². The summed E-state index contributed by atoms with van der Waals surface area (Å²) in [5.41, 5.74) is -1.38. The van der Waals surface area contributed by atoms with Crippen LogP contribution in [0, 0.1) is 0 Å². The number of carboxylic acids is 1. The van der Waals surface area contributed by atoms with Crippen LogP contribution in [0.5, 0.6) is 0 Å². The Morgan fingerprint density at radius 2 is 1.91 bits per heavy atom. The minimum Gasteiger partial charge on any atom is -0.476 e. The van der Waals surface area contributed by atoms with Gasteiger partial charge in [0, 0.05) is 0 Å². The van der Waals surface area contributed by atoms with Crippen molar-refractivity contribution >= 4 is 5.97 Å². The van der Waals surface area contributed by atoms with Gasteiger partial charge in [0.2, 0.25) is 5.69 Å². The maximum absolute atomic E-state index is 13.1. The number of benzene rings is 1. The number of nitrogens with zero attached hydrogens (tertiary/aromatic N) is 3. The van der Waals surface area contributed by atoms with Crippen LogP contribution < -0.4 is 0 Å². The fraction of sp³-hybridized carbons (Fsp3) is 0.357. The van der Waals surface area contributed by atoms with Crippen LogP contribution in [0.3, 0.4) is 0 Å². The van der Waals surface area contributed by atoms with Crippen molar-refractivity contribution in [2.45, 2.75) is 32.4 Å². The van der Waals surface area contributed by atoms with Crippen LogP contribution in [0.15, 0.2) is 24.3 Å². The van der Waals surface area contributed by atoms with E-state index in [0.717, 1.165) is 24.8 Å². The van der Waals surface area contributed by atoms with E-state index >= 15 is 0 Å². The van der Waals surface area contributed by atoms with Gasteiger partial charge in [-0.25, -0.2) is 9.48 Å². The zero-order chi connectivity index (χ0) is 16.3. The Labute approximate surface area is 124 Å². The van der Waals surface area contributed by atoms with Crippen molar-refractivity contribution in [1.82, 2.24) is 15.0 Å². The predicted molar refractivity (Wildman–Crippen MR) is 71.9 cm³/mol. The van der Waals surface area contributed by atoms with E-state index in [0.29, 0.717) is 4.68 Å². The molecule has 0 saturated carbocycles. The Morgan fingerprint density at radius 1 is 1.27 bits per heavy atom. The number of carboxylic acid groups (broad SMARTS) is 1. The molecule has 0 atom stereocenters. The first-order valence-electron chi connectivity index (χ1n) is 6.70. The molecule has 0 spiro atoms. The Hall–Kier alpha value is -2.38. The number of rotatable bonds is 5. The average molecular weight is 313 g/mol. The third kappa shape index (κ3) is 3.26. The number of unbranched alkanes of at least 4 members (excludes halogenated alkanes) is 1. The summed E-state index contributed by atoms with van der Waals surface area (Å²) < 4.78 is 39.7. The first kappa shape index (κ1) is 16.0. The summed E-state index contributed by atoms with van der Waals surface area (Å²) in [6.45, 7) is 2.05. The lowest BCUT2D eigenvalue weighted by Gasteiger charge is -2.10. The van der Waals surface area contributed by atoms with E-state index in [-0.39, 0.29) is 5.69 Å². The molecule has 0 unspecified atom stereocenters. The van der Waals surface area contributed by atoms with Crippen molar-refractivity contribution in [3.63, 3.8) is 0 Å². The summed E-state index contributed by atoms with van der Waals surface area (Å²) >= 11 is 0. The van der Waals surface area contributed by atoms with Crippen LogP contribution in [0.1, 0.15) is 41.5 Å². The van der Waals surface area contributed by atoms with E-state index in [1.54, 1.807) is 12.1 Å². The highest BCUT2D eigenvalue weighted by Crippen LogP contribution is 2.32. The second-order valence-corrected chi connectivity index (χ2v) is 4.77. The zero-order valence-electron chi connectivity index (χ0n) is 11.8. The van der Waals surface area contributed by atoms with Crippen LogP contribution in [0.2, 0.25) is 0 Å². The van der Waals surface area contributed by atoms with E-state index in [9.17, 15) is 18.0 Å². The first-order chi connectivity index (χ1) is 10.3. The van der Waals surface area contributed by atoms with Gasteiger partial charge >= 0.3 is 12.1 Å². The van der Waals surface area contributed by atoms with E-state index in [2.05, 4.69) is 10.3 Å². The lowest BCUT2D eigenvalue weighted by molar-refractivity contribution is -0.143. The minimum atomic E-state index is -4.86. The van der Waals surface area contributed by atoms with Crippen molar-refractivity contribution in [2.75, 3.05) is 0 Å². The summed E-state index contributed by atoms with van der Waals surface area (Å²) in [5, 5.41) is 15.3. The molecule has 5 nitrogen and oxygen atoms in total. The van der Waals surface area contributed by atoms with E-state index < -0.39 is 23.5 Å². The highest BCUT2D eigenvalue weighted by atomic mass is 19.4. The third-order valence-corrected chi connectivity index (χ3v) is 3.14. The zero-order valence-corrected chi connectivity index (χ0v) is 11.8. The van der Waals surface area contributed by atoms with Crippen molar-refractivity contribution in [2.24, 2.45) is 0 Å². The molecule has 0 aliphatic heterocycles. The predicted octanol–water partition coefficient (Wildman–Crippen LogP) is 3.33. The fourth-order valence-corrected chi connectivity index (χ4v) is 2.05. The number of carbonyl (C=O) groups is 1. The molecule has 1 aromatic heterocycles. The molecule has 118 valence electrons. The minimum absolute atomic E-state index is 0.118. The third-order valence-electron chi connectivity index (χ3n) is 3.14. The van der Waals surface area contributed by atoms with Gasteiger partial charge < -0.3 is 5.11 Å². The van der Waals surface area contributed by atoms with Crippen molar-refractivity contribution in [1.29, 1.82) is 0 Å². The summed E-state index contributed by atoms with van der Waals surface area (Å²) in [7, 11) is 0. The molecule has 2 aromatic rings. The largest absolute Gasteiger partial charge is 0.476 e. The Kier molecular flexibility index (Phi) is 4.48. The summed E-state index contributed by atoms with van der Waals surface area (Å²) in [5.74, 6) is -1.77. The number of alkyl halides is 3. The van der Waals surface area contributed by atoms with Crippen molar-refractivity contribution in [3.8, 4) is 5.69 Å². The molecule has 8 heteroatoms. The van der Waals surface area contributed by atoms with Gasteiger partial charge in [-0.1, -0.05) is 30.7 Å². The molecule has 0 radical (unpaired) electrons. The number of hydrogen-bond donors (Lipinski definition) is 1. The molecule has 0 aliphatic rings. The Balaban J connectivity index is 2.42. The topological polar surface area (TPSA) is 68.0 Å². The van der Waals surface area contributed by atoms with Crippen molar-refractivity contribution < 1.29 is 23.1 Å². The van der Waals surface area contributed by atoms with Crippen LogP contribution in [0.25, 0.3) is 5.69 Å². The van der Waals surface area contributed by atoms with Crippen LogP contribution in [-0.4, -0.2) is 26.1 Å². The molecular formula is C14H14F3N3O2. The van der Waals surface area contributed by atoms with Gasteiger partial charge in [-0.05, 0) is 30.5 Å². The Morgan fingerprint density at radius 3 is 2.41 bits per heavy atom. The normalized spacial score (nSPS) is 11.6. The van der Waals surface area contributed by atoms with Gasteiger partial charge in [0.15, 0.2) is 5.69 Å². The van der Waals surface area contributed by atoms with E-state index in [4.69, 9.17) is 5.11 Å². The highest BCUT2D eigenvalue weighted by Gasteiger charge is 2.42. The molecule has 1 N–H and O–H groups in total. The molecule has 2 rings (SSSR count). The van der Waals surface area contributed by atoms with Gasteiger partial charge in [0.1, 0.15) is 0 Å². The molecule has 22 heavy (non-hydrogen) atoms. The quantitative estimate of drug-likeness (QED) is 0.919. The standard InChI is InChI=1S/C14H14F3N3O2/c1-2-3-4-9-5-7-10(8-6-9)20-12(14(15,16)17)11(13(21)22)18-19-20/h5-8H,2-4H2,1H3,(H,21,22). The molecule has 1 aromatic carbocycles. The molecule has 0 fully saturated rings. The van der Waals surface area contributed by atoms with Gasteiger partial charge in [-0.15, -0.1) is 5.10 Å². The lowest BCUT2D eigenvalue weighted by Crippen LogP contribution is -2.17. The molecule has 0 amide bonds. The molecule has 0 saturated heterocycles. The van der Waals surface area contributed by atoms with Gasteiger partial charge in [0.05, 0.1) is 5.69 Å². The molecule has 0 bridgehead atoms. The molecule has 0 aliphatic carbocycles. The van der Waals surface area contributed by atoms with Gasteiger partial charge in [-0.2, -0.15) is 13.2 Å². The first-order valence-corrected chi connectivity index (χ1v) is 6.70. The second kappa shape index (κ2) is 6.17.